The molecule has 1 fully saturated rings. The van der Waals surface area contributed by atoms with Gasteiger partial charge < -0.3 is 20.1 Å². The van der Waals surface area contributed by atoms with Gasteiger partial charge in [-0.15, -0.1) is 24.0 Å². The number of rotatable bonds is 5. The fraction of sp³-hybridized carbons (Fsp3) is 0.556. The maximum atomic E-state index is 11.6. The third kappa shape index (κ3) is 6.28. The summed E-state index contributed by atoms with van der Waals surface area (Å²) < 4.78 is 4.82. The minimum atomic E-state index is -0.755. The molecule has 1 aliphatic heterocycles. The normalized spacial score (nSPS) is 16.6. The monoisotopic (exact) mass is 495 g/mol. The molecule has 1 heterocycles. The van der Waals surface area contributed by atoms with Crippen molar-refractivity contribution in [3.63, 3.8) is 0 Å². The van der Waals surface area contributed by atoms with Crippen LogP contribution in [0.15, 0.2) is 29.3 Å². The number of hydrogen-bond donors (Lipinski definition) is 2. The van der Waals surface area contributed by atoms with Gasteiger partial charge in [0, 0.05) is 30.2 Å². The first-order valence-electron chi connectivity index (χ1n) is 8.60. The highest BCUT2D eigenvalue weighted by atomic mass is 127. The van der Waals surface area contributed by atoms with Crippen LogP contribution in [0.1, 0.15) is 31.4 Å². The summed E-state index contributed by atoms with van der Waals surface area (Å²) in [7, 11) is 1.43. The van der Waals surface area contributed by atoms with Crippen LogP contribution in [-0.4, -0.2) is 55.2 Å². The standard InChI is InChI=1S/C18H26ClN3O3.HI/c1-3-20-18(22-10-8-13(9-11-22)17(24)25-2)21-12-16(23)14-6-4-5-7-15(14)19;/h4-7,13,16,23H,3,8-12H2,1-2H3,(H,20,21);1H. The number of nitrogens with zero attached hydrogens (tertiary/aromatic N) is 2. The summed E-state index contributed by atoms with van der Waals surface area (Å²) in [5.74, 6) is 0.561. The first-order chi connectivity index (χ1) is 12.1. The van der Waals surface area contributed by atoms with Crippen molar-refractivity contribution < 1.29 is 14.6 Å². The van der Waals surface area contributed by atoms with Crippen LogP contribution in [-0.2, 0) is 9.53 Å². The lowest BCUT2D eigenvalue weighted by molar-refractivity contribution is -0.146. The Hall–Kier alpha value is -1.06. The molecule has 2 rings (SSSR count). The number of ether oxygens (including phenoxy) is 1. The fourth-order valence-electron chi connectivity index (χ4n) is 2.94. The molecule has 0 amide bonds. The number of likely N-dealkylation sites (tertiary alicyclic amines) is 1. The molecular weight excluding hydrogens is 469 g/mol. The molecule has 0 aromatic heterocycles. The number of guanidine groups is 1. The van der Waals surface area contributed by atoms with Gasteiger partial charge in [-0.25, -0.2) is 0 Å². The predicted molar refractivity (Wildman–Crippen MR) is 114 cm³/mol. The van der Waals surface area contributed by atoms with Crippen LogP contribution in [0.5, 0.6) is 0 Å². The fourth-order valence-corrected chi connectivity index (χ4v) is 3.20. The molecule has 1 unspecified atom stereocenters. The molecule has 1 saturated heterocycles. The Balaban J connectivity index is 0.00000338. The number of piperidine rings is 1. The Labute approximate surface area is 177 Å². The van der Waals surface area contributed by atoms with Crippen molar-refractivity contribution in [3.05, 3.63) is 34.9 Å². The average Bonchev–Trinajstić information content (AvgIpc) is 2.64. The molecule has 1 atom stereocenters. The van der Waals surface area contributed by atoms with Crippen molar-refractivity contribution in [3.8, 4) is 0 Å². The predicted octanol–water partition coefficient (Wildman–Crippen LogP) is 2.84. The van der Waals surface area contributed by atoms with Crippen LogP contribution in [0, 0.1) is 5.92 Å². The number of carbonyl (C=O) groups is 1. The molecule has 26 heavy (non-hydrogen) atoms. The molecule has 0 radical (unpaired) electrons. The molecule has 1 aromatic carbocycles. The zero-order valence-electron chi connectivity index (χ0n) is 15.2. The van der Waals surface area contributed by atoms with Crippen molar-refractivity contribution in [2.75, 3.05) is 33.3 Å². The SMILES string of the molecule is CCNC(=NCC(O)c1ccccc1Cl)N1CCC(C(=O)OC)CC1.I. The van der Waals surface area contributed by atoms with Gasteiger partial charge in [0.2, 0.25) is 0 Å². The van der Waals surface area contributed by atoms with Gasteiger partial charge in [0.25, 0.3) is 0 Å². The zero-order chi connectivity index (χ0) is 18.2. The highest BCUT2D eigenvalue weighted by Gasteiger charge is 2.27. The first kappa shape index (κ1) is 23.0. The molecule has 6 nitrogen and oxygen atoms in total. The highest BCUT2D eigenvalue weighted by molar-refractivity contribution is 14.0. The lowest BCUT2D eigenvalue weighted by Crippen LogP contribution is -2.46. The van der Waals surface area contributed by atoms with Gasteiger partial charge in [-0.05, 0) is 25.8 Å². The van der Waals surface area contributed by atoms with Crippen LogP contribution in [0.25, 0.3) is 0 Å². The summed E-state index contributed by atoms with van der Waals surface area (Å²) in [6.07, 6.45) is 0.726. The molecule has 0 aliphatic carbocycles. The maximum absolute atomic E-state index is 11.6. The Bertz CT molecular complexity index is 607. The van der Waals surface area contributed by atoms with Crippen molar-refractivity contribution >= 4 is 47.5 Å². The van der Waals surface area contributed by atoms with Crippen LogP contribution >= 0.6 is 35.6 Å². The lowest BCUT2D eigenvalue weighted by Gasteiger charge is -2.33. The van der Waals surface area contributed by atoms with Crippen LogP contribution in [0.2, 0.25) is 5.02 Å². The van der Waals surface area contributed by atoms with E-state index in [4.69, 9.17) is 16.3 Å². The summed E-state index contributed by atoms with van der Waals surface area (Å²) >= 11 is 6.13. The topological polar surface area (TPSA) is 74.2 Å². The number of carbonyl (C=O) groups excluding carboxylic acids is 1. The molecule has 1 aromatic rings. The molecule has 146 valence electrons. The first-order valence-corrected chi connectivity index (χ1v) is 8.98. The second-order valence-corrected chi connectivity index (χ2v) is 6.42. The second kappa shape index (κ2) is 11.6. The molecule has 1 aliphatic rings. The Morgan fingerprint density at radius 1 is 1.42 bits per heavy atom. The Kier molecular flexibility index (Phi) is 10.3. The van der Waals surface area contributed by atoms with E-state index >= 15 is 0 Å². The molecule has 0 bridgehead atoms. The lowest BCUT2D eigenvalue weighted by atomic mass is 9.97. The van der Waals surface area contributed by atoms with E-state index in [0.717, 1.165) is 38.4 Å². The smallest absolute Gasteiger partial charge is 0.308 e. The molecule has 0 saturated carbocycles. The van der Waals surface area contributed by atoms with Crippen molar-refractivity contribution in [1.82, 2.24) is 10.2 Å². The minimum absolute atomic E-state index is 0. The second-order valence-electron chi connectivity index (χ2n) is 6.02. The zero-order valence-corrected chi connectivity index (χ0v) is 18.2. The van der Waals surface area contributed by atoms with Gasteiger partial charge in [0.05, 0.1) is 19.6 Å². The summed E-state index contributed by atoms with van der Waals surface area (Å²) in [5, 5.41) is 14.1. The van der Waals surface area contributed by atoms with Crippen molar-refractivity contribution in [2.45, 2.75) is 25.9 Å². The highest BCUT2D eigenvalue weighted by Crippen LogP contribution is 2.23. The molecule has 8 heteroatoms. The van der Waals surface area contributed by atoms with Crippen LogP contribution in [0.3, 0.4) is 0 Å². The van der Waals surface area contributed by atoms with Crippen molar-refractivity contribution in [1.29, 1.82) is 0 Å². The third-order valence-corrected chi connectivity index (χ3v) is 4.69. The largest absolute Gasteiger partial charge is 0.469 e. The number of hydrogen-bond acceptors (Lipinski definition) is 4. The number of esters is 1. The number of methoxy groups -OCH3 is 1. The van der Waals surface area contributed by atoms with Crippen LogP contribution < -0.4 is 5.32 Å². The van der Waals surface area contributed by atoms with Gasteiger partial charge in [-0.2, -0.15) is 0 Å². The number of aliphatic hydroxyl groups is 1. The van der Waals surface area contributed by atoms with Gasteiger partial charge in [-0.3, -0.25) is 9.79 Å². The molecule has 0 spiro atoms. The number of benzene rings is 1. The summed E-state index contributed by atoms with van der Waals surface area (Å²) in [4.78, 5) is 18.3. The van der Waals surface area contributed by atoms with Gasteiger partial charge in [0.15, 0.2) is 5.96 Å². The Morgan fingerprint density at radius 2 is 2.08 bits per heavy atom. The van der Waals surface area contributed by atoms with E-state index in [1.54, 1.807) is 12.1 Å². The molecular formula is C18H27ClIN3O3. The quantitative estimate of drug-likeness (QED) is 0.284. The Morgan fingerprint density at radius 3 is 2.65 bits per heavy atom. The number of aliphatic hydroxyl groups excluding tert-OH is 1. The van der Waals surface area contributed by atoms with E-state index in [1.165, 1.54) is 7.11 Å². The van der Waals surface area contributed by atoms with E-state index in [2.05, 4.69) is 15.2 Å². The van der Waals surface area contributed by atoms with E-state index < -0.39 is 6.10 Å². The average molecular weight is 496 g/mol. The summed E-state index contributed by atoms with van der Waals surface area (Å²) in [6, 6.07) is 7.23. The number of aliphatic imine (C=N–C) groups is 1. The van der Waals surface area contributed by atoms with Gasteiger partial charge in [0.1, 0.15) is 6.10 Å². The van der Waals surface area contributed by atoms with E-state index in [-0.39, 0.29) is 42.4 Å². The third-order valence-electron chi connectivity index (χ3n) is 4.34. The number of halogens is 2. The van der Waals surface area contributed by atoms with Crippen LogP contribution in [0.4, 0.5) is 0 Å². The van der Waals surface area contributed by atoms with Gasteiger partial charge in [-0.1, -0.05) is 29.8 Å². The number of nitrogens with one attached hydrogen (secondary N) is 1. The minimum Gasteiger partial charge on any atom is -0.469 e. The molecule has 2 N–H and O–H groups in total. The van der Waals surface area contributed by atoms with Gasteiger partial charge >= 0.3 is 5.97 Å². The van der Waals surface area contributed by atoms with E-state index in [0.29, 0.717) is 10.6 Å². The summed E-state index contributed by atoms with van der Waals surface area (Å²) in [6.45, 7) is 4.42. The van der Waals surface area contributed by atoms with E-state index in [1.807, 2.05) is 19.1 Å². The maximum Gasteiger partial charge on any atom is 0.308 e. The van der Waals surface area contributed by atoms with E-state index in [9.17, 15) is 9.90 Å². The summed E-state index contributed by atoms with van der Waals surface area (Å²) in [5.41, 5.74) is 0.674. The van der Waals surface area contributed by atoms with Crippen molar-refractivity contribution in [2.24, 2.45) is 10.9 Å².